The summed E-state index contributed by atoms with van der Waals surface area (Å²) in [6.45, 7) is 2.78. The molecule has 0 fully saturated rings. The molecule has 0 saturated heterocycles. The van der Waals surface area contributed by atoms with Crippen LogP contribution >= 0.6 is 0 Å². The van der Waals surface area contributed by atoms with Gasteiger partial charge >= 0.3 is 0 Å². The van der Waals surface area contributed by atoms with Gasteiger partial charge in [0, 0.05) is 30.2 Å². The Kier molecular flexibility index (Phi) is 8.03. The van der Waals surface area contributed by atoms with Gasteiger partial charge in [-0.05, 0) is 61.1 Å². The van der Waals surface area contributed by atoms with Gasteiger partial charge in [0.25, 0.3) is 5.91 Å². The number of nitrogens with one attached hydrogen (secondary N) is 1. The number of hydrogen-bond acceptors (Lipinski definition) is 3. The van der Waals surface area contributed by atoms with Crippen LogP contribution in [-0.4, -0.2) is 25.8 Å². The van der Waals surface area contributed by atoms with Gasteiger partial charge < -0.3 is 27.0 Å². The van der Waals surface area contributed by atoms with Crippen molar-refractivity contribution in [2.24, 2.45) is 5.92 Å². The summed E-state index contributed by atoms with van der Waals surface area (Å²) < 4.78 is 7.32. The fourth-order valence-electron chi connectivity index (χ4n) is 4.45. The molecule has 3 aromatic rings. The number of halogens is 1. The number of ketones is 1. The number of ether oxygens (including phenoxy) is 1. The lowest BCUT2D eigenvalue weighted by atomic mass is 9.79. The number of fused-ring (bicyclic) bond motifs is 1. The minimum Gasteiger partial charge on any atom is -1.00 e. The van der Waals surface area contributed by atoms with Crippen molar-refractivity contribution in [1.29, 1.82) is 0 Å². The molecule has 1 amide bonds. The third-order valence-corrected chi connectivity index (χ3v) is 6.37. The van der Waals surface area contributed by atoms with Crippen molar-refractivity contribution in [1.82, 2.24) is 5.32 Å². The fourth-order valence-corrected chi connectivity index (χ4v) is 4.45. The summed E-state index contributed by atoms with van der Waals surface area (Å²) in [5.41, 5.74) is 5.77. The topological polar surface area (TPSA) is 59.3 Å². The zero-order valence-electron chi connectivity index (χ0n) is 19.2. The fraction of sp³-hybridized carbons (Fsp3) is 0.296. The Balaban J connectivity index is 0.00000306. The molecule has 1 atom stereocenters. The first-order chi connectivity index (χ1) is 15.5. The van der Waals surface area contributed by atoms with E-state index < -0.39 is 0 Å². The summed E-state index contributed by atoms with van der Waals surface area (Å²) in [6.07, 6.45) is 6.05. The second kappa shape index (κ2) is 10.8. The van der Waals surface area contributed by atoms with Gasteiger partial charge in [-0.15, -0.1) is 0 Å². The number of carbonyl (C=O) groups is 2. The Labute approximate surface area is 205 Å². The van der Waals surface area contributed by atoms with E-state index in [0.717, 1.165) is 35.3 Å². The van der Waals surface area contributed by atoms with E-state index in [0.29, 0.717) is 18.5 Å². The number of benzene rings is 2. The average molecular weight is 509 g/mol. The predicted molar refractivity (Wildman–Crippen MR) is 123 cm³/mol. The molecule has 0 radical (unpaired) electrons. The molecule has 1 N–H and O–H groups in total. The molecule has 1 aromatic heterocycles. The monoisotopic (exact) mass is 508 g/mol. The lowest BCUT2D eigenvalue weighted by Gasteiger charge is -2.24. The number of amides is 1. The highest BCUT2D eigenvalue weighted by atomic mass is 79.9. The second-order valence-corrected chi connectivity index (χ2v) is 8.39. The van der Waals surface area contributed by atoms with Crippen molar-refractivity contribution in [2.45, 2.75) is 32.7 Å². The molecule has 0 saturated carbocycles. The number of carbonyl (C=O) groups excluding carboxylic acids is 2. The predicted octanol–water partition coefficient (Wildman–Crippen LogP) is 0.691. The van der Waals surface area contributed by atoms with E-state index in [-0.39, 0.29) is 34.6 Å². The van der Waals surface area contributed by atoms with Gasteiger partial charge in [-0.2, -0.15) is 4.57 Å². The molecule has 1 aliphatic rings. The standard InChI is InChI=1S/C27H28N2O3.BrH/c1-18-6-4-5-7-22(18)16-29-13-12-20(25(17-29)27(31)28-2)14-21-9-8-19-15-23(32-3)10-11-24(19)26(21)30;/h4-7,10-13,15,17,21H,8-9,14,16H2,1-3H3;1H. The maximum absolute atomic E-state index is 13.2. The molecule has 5 nitrogen and oxygen atoms in total. The van der Waals surface area contributed by atoms with Crippen LogP contribution in [0.5, 0.6) is 5.75 Å². The van der Waals surface area contributed by atoms with Crippen LogP contribution in [-0.2, 0) is 19.4 Å². The summed E-state index contributed by atoms with van der Waals surface area (Å²) >= 11 is 0. The Hall–Kier alpha value is -2.99. The highest BCUT2D eigenvalue weighted by molar-refractivity contribution is 6.01. The van der Waals surface area contributed by atoms with E-state index in [1.54, 1.807) is 14.2 Å². The van der Waals surface area contributed by atoms with Crippen molar-refractivity contribution >= 4 is 11.7 Å². The first kappa shape index (κ1) is 24.6. The molecule has 1 aliphatic carbocycles. The number of Topliss-reactive ketones (excluding diaryl/α,β-unsaturated/α-hetero) is 1. The Morgan fingerprint density at radius 1 is 1.15 bits per heavy atom. The summed E-state index contributed by atoms with van der Waals surface area (Å²) in [4.78, 5) is 25.8. The van der Waals surface area contributed by atoms with Crippen molar-refractivity contribution in [3.05, 3.63) is 94.3 Å². The van der Waals surface area contributed by atoms with Crippen LogP contribution in [0.3, 0.4) is 0 Å². The van der Waals surface area contributed by atoms with E-state index in [2.05, 4.69) is 24.4 Å². The third-order valence-electron chi connectivity index (χ3n) is 6.37. The van der Waals surface area contributed by atoms with Gasteiger partial charge in [-0.25, -0.2) is 0 Å². The maximum Gasteiger partial charge on any atom is 0.257 e. The van der Waals surface area contributed by atoms with Crippen LogP contribution in [0.4, 0.5) is 0 Å². The van der Waals surface area contributed by atoms with E-state index in [4.69, 9.17) is 4.74 Å². The Morgan fingerprint density at radius 3 is 2.67 bits per heavy atom. The summed E-state index contributed by atoms with van der Waals surface area (Å²) in [6, 6.07) is 15.9. The Morgan fingerprint density at radius 2 is 1.94 bits per heavy atom. The van der Waals surface area contributed by atoms with Gasteiger partial charge in [0.1, 0.15) is 11.3 Å². The van der Waals surface area contributed by atoms with Gasteiger partial charge in [0.15, 0.2) is 24.7 Å². The molecule has 1 unspecified atom stereocenters. The SMILES string of the molecule is CNC(=O)c1c[n+](Cc2ccccc2C)ccc1CC1CCc2cc(OC)ccc2C1=O.[Br-]. The quantitative estimate of drug-likeness (QED) is 0.498. The number of rotatable bonds is 6. The first-order valence-electron chi connectivity index (χ1n) is 11.0. The van der Waals surface area contributed by atoms with E-state index in [1.807, 2.05) is 53.4 Å². The number of aromatic nitrogens is 1. The number of pyridine rings is 1. The minimum absolute atomic E-state index is 0. The van der Waals surface area contributed by atoms with Crippen molar-refractivity contribution < 1.29 is 35.9 Å². The first-order valence-corrected chi connectivity index (χ1v) is 11.0. The second-order valence-electron chi connectivity index (χ2n) is 8.39. The molecule has 4 rings (SSSR count). The normalized spacial score (nSPS) is 14.8. The Bertz CT molecular complexity index is 1180. The van der Waals surface area contributed by atoms with Crippen LogP contribution in [0.2, 0.25) is 0 Å². The largest absolute Gasteiger partial charge is 1.00 e. The van der Waals surface area contributed by atoms with Crippen LogP contribution in [0.15, 0.2) is 60.9 Å². The molecule has 0 spiro atoms. The molecular formula is C27H29BrN2O3. The van der Waals surface area contributed by atoms with Crippen molar-refractivity contribution in [2.75, 3.05) is 14.2 Å². The summed E-state index contributed by atoms with van der Waals surface area (Å²) in [5.74, 6) is 0.658. The zero-order chi connectivity index (χ0) is 22.7. The third kappa shape index (κ3) is 5.33. The number of aryl methyl sites for hydroxylation is 2. The maximum atomic E-state index is 13.2. The van der Waals surface area contributed by atoms with Crippen LogP contribution in [0.25, 0.3) is 0 Å². The lowest BCUT2D eigenvalue weighted by molar-refractivity contribution is -0.688. The van der Waals surface area contributed by atoms with Gasteiger partial charge in [-0.3, -0.25) is 9.59 Å². The lowest BCUT2D eigenvalue weighted by Crippen LogP contribution is -3.00. The van der Waals surface area contributed by atoms with Crippen LogP contribution in [0, 0.1) is 12.8 Å². The molecule has 0 aliphatic heterocycles. The number of methoxy groups -OCH3 is 1. The van der Waals surface area contributed by atoms with Crippen molar-refractivity contribution in [3.63, 3.8) is 0 Å². The molecule has 0 bridgehead atoms. The molecular weight excluding hydrogens is 480 g/mol. The summed E-state index contributed by atoms with van der Waals surface area (Å²) in [5, 5.41) is 2.75. The van der Waals surface area contributed by atoms with Crippen LogP contribution < -0.4 is 31.6 Å². The van der Waals surface area contributed by atoms with E-state index in [1.165, 1.54) is 11.1 Å². The minimum atomic E-state index is -0.133. The van der Waals surface area contributed by atoms with Crippen molar-refractivity contribution in [3.8, 4) is 5.75 Å². The highest BCUT2D eigenvalue weighted by Gasteiger charge is 2.29. The van der Waals surface area contributed by atoms with Crippen LogP contribution in [0.1, 0.15) is 49.4 Å². The molecule has 33 heavy (non-hydrogen) atoms. The number of nitrogens with zero attached hydrogens (tertiary/aromatic N) is 1. The molecule has 172 valence electrons. The smallest absolute Gasteiger partial charge is 0.257 e. The van der Waals surface area contributed by atoms with Gasteiger partial charge in [0.05, 0.1) is 7.11 Å². The summed E-state index contributed by atoms with van der Waals surface area (Å²) in [7, 11) is 3.27. The molecule has 2 aromatic carbocycles. The number of hydrogen-bond donors (Lipinski definition) is 1. The molecule has 6 heteroatoms. The molecule has 1 heterocycles. The highest BCUT2D eigenvalue weighted by Crippen LogP contribution is 2.31. The van der Waals surface area contributed by atoms with Gasteiger partial charge in [0.2, 0.25) is 0 Å². The van der Waals surface area contributed by atoms with Gasteiger partial charge in [-0.1, -0.05) is 24.3 Å². The average Bonchev–Trinajstić information content (AvgIpc) is 2.82. The van der Waals surface area contributed by atoms with E-state index >= 15 is 0 Å². The van der Waals surface area contributed by atoms with E-state index in [9.17, 15) is 9.59 Å². The zero-order valence-corrected chi connectivity index (χ0v) is 20.8.